The van der Waals surface area contributed by atoms with E-state index in [4.69, 9.17) is 11.6 Å². The molecule has 0 spiro atoms. The Labute approximate surface area is 101 Å². The van der Waals surface area contributed by atoms with Crippen LogP contribution in [0.3, 0.4) is 0 Å². The molecule has 92 valence electrons. The summed E-state index contributed by atoms with van der Waals surface area (Å²) in [7, 11) is 2.01. The molecule has 1 N–H and O–H groups in total. The van der Waals surface area contributed by atoms with Crippen molar-refractivity contribution >= 4 is 23.5 Å². The molecule has 16 heavy (non-hydrogen) atoms. The van der Waals surface area contributed by atoms with E-state index in [0.29, 0.717) is 6.54 Å². The first-order valence-corrected chi connectivity index (χ1v) is 5.79. The molecule has 1 saturated heterocycles. The number of urea groups is 1. The SMILES string of the molecule is CC(Cl)C(=O)NC(=O)N1CCN(C)CC1C. The summed E-state index contributed by atoms with van der Waals surface area (Å²) in [6, 6.07) is -0.240. The van der Waals surface area contributed by atoms with Crippen LogP contribution in [-0.2, 0) is 4.79 Å². The van der Waals surface area contributed by atoms with Crippen LogP contribution >= 0.6 is 11.6 Å². The highest BCUT2D eigenvalue weighted by Gasteiger charge is 2.27. The van der Waals surface area contributed by atoms with Gasteiger partial charge in [-0.05, 0) is 20.9 Å². The van der Waals surface area contributed by atoms with Gasteiger partial charge in [-0.25, -0.2) is 4.79 Å². The zero-order valence-electron chi connectivity index (χ0n) is 9.86. The van der Waals surface area contributed by atoms with Crippen LogP contribution in [0.5, 0.6) is 0 Å². The predicted octanol–water partition coefficient (Wildman–Crippen LogP) is 0.486. The zero-order chi connectivity index (χ0) is 12.3. The summed E-state index contributed by atoms with van der Waals surface area (Å²) < 4.78 is 0. The summed E-state index contributed by atoms with van der Waals surface area (Å²) in [6.07, 6.45) is 0. The molecule has 2 atom stereocenters. The van der Waals surface area contributed by atoms with Crippen molar-refractivity contribution in [1.29, 1.82) is 0 Å². The minimum Gasteiger partial charge on any atom is -0.319 e. The van der Waals surface area contributed by atoms with Crippen LogP contribution in [0.4, 0.5) is 4.79 Å². The number of nitrogens with one attached hydrogen (secondary N) is 1. The fourth-order valence-electron chi connectivity index (χ4n) is 1.72. The molecule has 0 bridgehead atoms. The number of likely N-dealkylation sites (N-methyl/N-ethyl adjacent to an activating group) is 1. The first-order chi connectivity index (χ1) is 7.41. The molecular weight excluding hydrogens is 230 g/mol. The molecule has 0 aromatic carbocycles. The van der Waals surface area contributed by atoms with Crippen LogP contribution in [0, 0.1) is 0 Å². The molecule has 1 aliphatic heterocycles. The van der Waals surface area contributed by atoms with Crippen LogP contribution in [0.1, 0.15) is 13.8 Å². The quantitative estimate of drug-likeness (QED) is 0.686. The average molecular weight is 248 g/mol. The average Bonchev–Trinajstić information content (AvgIpc) is 2.16. The molecule has 1 heterocycles. The third-order valence-electron chi connectivity index (χ3n) is 2.68. The van der Waals surface area contributed by atoms with Gasteiger partial charge in [0, 0.05) is 25.7 Å². The molecule has 0 radical (unpaired) electrons. The van der Waals surface area contributed by atoms with E-state index in [0.717, 1.165) is 13.1 Å². The minimum atomic E-state index is -0.688. The Morgan fingerprint density at radius 1 is 1.44 bits per heavy atom. The van der Waals surface area contributed by atoms with Gasteiger partial charge in [-0.1, -0.05) is 0 Å². The van der Waals surface area contributed by atoms with E-state index in [1.54, 1.807) is 4.90 Å². The molecular formula is C10H18ClN3O2. The summed E-state index contributed by atoms with van der Waals surface area (Å²) in [5.41, 5.74) is 0. The predicted molar refractivity (Wildman–Crippen MR) is 62.5 cm³/mol. The molecule has 0 saturated carbocycles. The number of carbonyl (C=O) groups excluding carboxylic acids is 2. The van der Waals surface area contributed by atoms with Crippen molar-refractivity contribution in [2.45, 2.75) is 25.3 Å². The topological polar surface area (TPSA) is 52.7 Å². The van der Waals surface area contributed by atoms with Crippen molar-refractivity contribution in [2.24, 2.45) is 0 Å². The fourth-order valence-corrected chi connectivity index (χ4v) is 1.77. The van der Waals surface area contributed by atoms with Gasteiger partial charge in [0.1, 0.15) is 5.38 Å². The molecule has 1 aliphatic rings. The van der Waals surface area contributed by atoms with E-state index in [1.807, 2.05) is 14.0 Å². The normalized spacial score (nSPS) is 24.0. The highest BCUT2D eigenvalue weighted by molar-refractivity contribution is 6.31. The van der Waals surface area contributed by atoms with Gasteiger partial charge in [0.25, 0.3) is 0 Å². The number of imide groups is 1. The lowest BCUT2D eigenvalue weighted by molar-refractivity contribution is -0.119. The van der Waals surface area contributed by atoms with E-state index in [2.05, 4.69) is 10.2 Å². The Balaban J connectivity index is 2.51. The van der Waals surface area contributed by atoms with Crippen molar-refractivity contribution in [3.8, 4) is 0 Å². The third-order valence-corrected chi connectivity index (χ3v) is 2.88. The summed E-state index contributed by atoms with van der Waals surface area (Å²) >= 11 is 5.58. The van der Waals surface area contributed by atoms with Crippen LogP contribution in [0.2, 0.25) is 0 Å². The van der Waals surface area contributed by atoms with Gasteiger partial charge < -0.3 is 9.80 Å². The molecule has 1 rings (SSSR count). The number of hydrogen-bond donors (Lipinski definition) is 1. The first-order valence-electron chi connectivity index (χ1n) is 5.36. The Bertz CT molecular complexity index is 283. The molecule has 0 aromatic rings. The molecule has 0 aromatic heterocycles. The van der Waals surface area contributed by atoms with Crippen molar-refractivity contribution in [3.05, 3.63) is 0 Å². The van der Waals surface area contributed by atoms with Crippen LogP contribution < -0.4 is 5.32 Å². The van der Waals surface area contributed by atoms with Gasteiger partial charge in [0.2, 0.25) is 5.91 Å². The Morgan fingerprint density at radius 2 is 2.06 bits per heavy atom. The number of halogens is 1. The molecule has 1 fully saturated rings. The van der Waals surface area contributed by atoms with Gasteiger partial charge in [0.15, 0.2) is 0 Å². The highest BCUT2D eigenvalue weighted by Crippen LogP contribution is 2.08. The van der Waals surface area contributed by atoms with Crippen molar-refractivity contribution in [2.75, 3.05) is 26.7 Å². The van der Waals surface area contributed by atoms with E-state index < -0.39 is 11.3 Å². The number of nitrogens with zero attached hydrogens (tertiary/aromatic N) is 2. The highest BCUT2D eigenvalue weighted by atomic mass is 35.5. The smallest absolute Gasteiger partial charge is 0.319 e. The number of hydrogen-bond acceptors (Lipinski definition) is 3. The number of alkyl halides is 1. The summed E-state index contributed by atoms with van der Waals surface area (Å²) in [5, 5.41) is 1.60. The monoisotopic (exact) mass is 247 g/mol. The minimum absolute atomic E-state index is 0.109. The molecule has 0 aliphatic carbocycles. The zero-order valence-corrected chi connectivity index (χ0v) is 10.6. The number of piperazine rings is 1. The second kappa shape index (κ2) is 5.50. The largest absolute Gasteiger partial charge is 0.324 e. The summed E-state index contributed by atoms with van der Waals surface area (Å²) in [4.78, 5) is 26.8. The van der Waals surface area contributed by atoms with E-state index in [-0.39, 0.29) is 12.1 Å². The maximum absolute atomic E-state index is 11.7. The molecule has 6 heteroatoms. The van der Waals surface area contributed by atoms with E-state index >= 15 is 0 Å². The van der Waals surface area contributed by atoms with Gasteiger partial charge in [0.05, 0.1) is 0 Å². The maximum Gasteiger partial charge on any atom is 0.324 e. The van der Waals surface area contributed by atoms with Crippen LogP contribution in [0.15, 0.2) is 0 Å². The number of amides is 3. The van der Waals surface area contributed by atoms with Crippen LogP contribution in [-0.4, -0.2) is 59.8 Å². The van der Waals surface area contributed by atoms with Crippen LogP contribution in [0.25, 0.3) is 0 Å². The molecule has 2 unspecified atom stereocenters. The van der Waals surface area contributed by atoms with Gasteiger partial charge in [-0.3, -0.25) is 10.1 Å². The van der Waals surface area contributed by atoms with Crippen molar-refractivity contribution in [3.63, 3.8) is 0 Å². The Hall–Kier alpha value is -0.810. The summed E-state index contributed by atoms with van der Waals surface area (Å²) in [6.45, 7) is 5.77. The lowest BCUT2D eigenvalue weighted by atomic mass is 10.2. The van der Waals surface area contributed by atoms with Gasteiger partial charge in [-0.15, -0.1) is 11.6 Å². The number of rotatable bonds is 1. The maximum atomic E-state index is 11.7. The summed E-state index contributed by atoms with van der Waals surface area (Å²) in [5.74, 6) is -0.446. The number of carbonyl (C=O) groups is 2. The lowest BCUT2D eigenvalue weighted by Gasteiger charge is -2.37. The van der Waals surface area contributed by atoms with Crippen molar-refractivity contribution in [1.82, 2.24) is 15.1 Å². The van der Waals surface area contributed by atoms with Gasteiger partial charge in [-0.2, -0.15) is 0 Å². The molecule has 3 amide bonds. The van der Waals surface area contributed by atoms with E-state index in [9.17, 15) is 9.59 Å². The van der Waals surface area contributed by atoms with E-state index in [1.165, 1.54) is 6.92 Å². The lowest BCUT2D eigenvalue weighted by Crippen LogP contribution is -2.56. The Morgan fingerprint density at radius 3 is 2.56 bits per heavy atom. The Kier molecular flexibility index (Phi) is 4.56. The van der Waals surface area contributed by atoms with Gasteiger partial charge >= 0.3 is 6.03 Å². The first kappa shape index (κ1) is 13.3. The fraction of sp³-hybridized carbons (Fsp3) is 0.800. The van der Waals surface area contributed by atoms with Crippen molar-refractivity contribution < 1.29 is 9.59 Å². The standard InChI is InChI=1S/C10H18ClN3O2/c1-7-6-13(3)4-5-14(7)10(16)12-9(15)8(2)11/h7-8H,4-6H2,1-3H3,(H,12,15,16). The third kappa shape index (κ3) is 3.35. The second-order valence-corrected chi connectivity index (χ2v) is 4.87. The molecule has 5 nitrogen and oxygen atoms in total. The second-order valence-electron chi connectivity index (χ2n) is 4.22.